The van der Waals surface area contributed by atoms with E-state index in [-0.39, 0.29) is 11.9 Å². The summed E-state index contributed by atoms with van der Waals surface area (Å²) in [7, 11) is 0. The minimum atomic E-state index is -0.250. The summed E-state index contributed by atoms with van der Waals surface area (Å²) in [4.78, 5) is 27.3. The van der Waals surface area contributed by atoms with Crippen molar-refractivity contribution in [2.24, 2.45) is 0 Å². The first-order chi connectivity index (χ1) is 12.2. The van der Waals surface area contributed by atoms with Crippen molar-refractivity contribution >= 4 is 11.9 Å². The molecule has 25 heavy (non-hydrogen) atoms. The van der Waals surface area contributed by atoms with Gasteiger partial charge >= 0.3 is 0 Å². The number of aromatic nitrogens is 5. The van der Waals surface area contributed by atoms with Crippen molar-refractivity contribution in [3.63, 3.8) is 0 Å². The Kier molecular flexibility index (Phi) is 5.54. The van der Waals surface area contributed by atoms with Crippen molar-refractivity contribution in [1.82, 2.24) is 30.0 Å². The minimum Gasteiger partial charge on any atom is -0.378 e. The number of morpholine rings is 1. The molecule has 1 atom stereocenters. The monoisotopic (exact) mass is 345 g/mol. The van der Waals surface area contributed by atoms with E-state index in [4.69, 9.17) is 4.74 Å². The van der Waals surface area contributed by atoms with Gasteiger partial charge in [-0.2, -0.15) is 5.10 Å². The molecule has 0 spiro atoms. The molecule has 9 nitrogen and oxygen atoms in total. The van der Waals surface area contributed by atoms with Gasteiger partial charge in [0.05, 0.1) is 24.8 Å². The lowest BCUT2D eigenvalue weighted by atomic mass is 10.2. The van der Waals surface area contributed by atoms with Crippen LogP contribution in [0.25, 0.3) is 0 Å². The Balaban J connectivity index is 1.63. The second kappa shape index (κ2) is 8.02. The molecule has 0 radical (unpaired) electrons. The molecule has 1 aliphatic heterocycles. The van der Waals surface area contributed by atoms with Gasteiger partial charge in [-0.3, -0.25) is 4.79 Å². The van der Waals surface area contributed by atoms with Gasteiger partial charge in [0.1, 0.15) is 12.2 Å². The molecule has 1 N–H and O–H groups in total. The average molecular weight is 345 g/mol. The summed E-state index contributed by atoms with van der Waals surface area (Å²) in [6.45, 7) is 7.58. The van der Waals surface area contributed by atoms with Crippen LogP contribution < -0.4 is 10.2 Å². The van der Waals surface area contributed by atoms with Crippen molar-refractivity contribution in [2.75, 3.05) is 31.2 Å². The van der Waals surface area contributed by atoms with Crippen LogP contribution in [0.3, 0.4) is 0 Å². The highest BCUT2D eigenvalue weighted by Crippen LogP contribution is 2.12. The number of hydrogen-bond acceptors (Lipinski definition) is 7. The molecule has 1 saturated heterocycles. The number of hydrogen-bond donors (Lipinski definition) is 1. The predicted octanol–water partition coefficient (Wildman–Crippen LogP) is 0.806. The molecular formula is C16H23N7O2. The third-order valence-corrected chi connectivity index (χ3v) is 4.01. The van der Waals surface area contributed by atoms with Gasteiger partial charge in [-0.1, -0.05) is 6.92 Å². The molecule has 1 unspecified atom stereocenters. The third kappa shape index (κ3) is 4.11. The Morgan fingerprint density at radius 3 is 2.68 bits per heavy atom. The largest absolute Gasteiger partial charge is 0.378 e. The number of nitrogens with zero attached hydrogens (tertiary/aromatic N) is 6. The SMILES string of the molecule is CCCn1ncnc1C(C)NC(=O)c1cnc(N2CCOCC2)nc1. The zero-order valence-electron chi connectivity index (χ0n) is 14.6. The molecule has 2 aromatic rings. The number of aryl methyl sites for hydroxylation is 1. The number of carbonyl (C=O) groups is 1. The second-order valence-corrected chi connectivity index (χ2v) is 5.91. The Labute approximate surface area is 146 Å². The minimum absolute atomic E-state index is 0.230. The molecule has 3 rings (SSSR count). The highest BCUT2D eigenvalue weighted by Gasteiger charge is 2.18. The van der Waals surface area contributed by atoms with Crippen LogP contribution in [0.1, 0.15) is 42.5 Å². The van der Waals surface area contributed by atoms with Crippen LogP contribution in [-0.4, -0.2) is 56.9 Å². The zero-order chi connectivity index (χ0) is 17.6. The smallest absolute Gasteiger partial charge is 0.255 e. The van der Waals surface area contributed by atoms with E-state index in [0.29, 0.717) is 24.7 Å². The zero-order valence-corrected chi connectivity index (χ0v) is 14.6. The molecule has 0 aliphatic carbocycles. The van der Waals surface area contributed by atoms with Crippen molar-refractivity contribution in [3.8, 4) is 0 Å². The number of anilines is 1. The van der Waals surface area contributed by atoms with Crippen molar-refractivity contribution < 1.29 is 9.53 Å². The molecule has 1 fully saturated rings. The van der Waals surface area contributed by atoms with E-state index in [1.54, 1.807) is 12.4 Å². The number of amides is 1. The maximum Gasteiger partial charge on any atom is 0.255 e. The van der Waals surface area contributed by atoms with Crippen LogP contribution in [-0.2, 0) is 11.3 Å². The highest BCUT2D eigenvalue weighted by atomic mass is 16.5. The Morgan fingerprint density at radius 2 is 2.00 bits per heavy atom. The van der Waals surface area contributed by atoms with E-state index < -0.39 is 0 Å². The van der Waals surface area contributed by atoms with E-state index in [1.165, 1.54) is 6.33 Å². The Bertz CT molecular complexity index is 695. The summed E-state index contributed by atoms with van der Waals surface area (Å²) in [5.74, 6) is 1.13. The maximum absolute atomic E-state index is 12.4. The van der Waals surface area contributed by atoms with Gasteiger partial charge in [0.2, 0.25) is 5.95 Å². The van der Waals surface area contributed by atoms with E-state index in [0.717, 1.165) is 31.9 Å². The van der Waals surface area contributed by atoms with Gasteiger partial charge in [0, 0.05) is 32.0 Å². The molecule has 1 amide bonds. The van der Waals surface area contributed by atoms with Crippen LogP contribution in [0.2, 0.25) is 0 Å². The van der Waals surface area contributed by atoms with Gasteiger partial charge in [0.15, 0.2) is 0 Å². The molecule has 0 bridgehead atoms. The molecule has 0 aromatic carbocycles. The number of carbonyl (C=O) groups excluding carboxylic acids is 1. The first-order valence-corrected chi connectivity index (χ1v) is 8.52. The first-order valence-electron chi connectivity index (χ1n) is 8.52. The number of rotatable bonds is 6. The summed E-state index contributed by atoms with van der Waals surface area (Å²) in [6.07, 6.45) is 5.56. The number of nitrogens with one attached hydrogen (secondary N) is 1. The highest BCUT2D eigenvalue weighted by molar-refractivity contribution is 5.93. The van der Waals surface area contributed by atoms with E-state index >= 15 is 0 Å². The quantitative estimate of drug-likeness (QED) is 0.827. The van der Waals surface area contributed by atoms with Gasteiger partial charge in [-0.15, -0.1) is 0 Å². The van der Waals surface area contributed by atoms with Crippen LogP contribution >= 0.6 is 0 Å². The van der Waals surface area contributed by atoms with Crippen molar-refractivity contribution in [2.45, 2.75) is 32.9 Å². The standard InChI is InChI=1S/C16H23N7O2/c1-3-4-23-14(19-11-20-23)12(2)21-15(24)13-9-17-16(18-10-13)22-5-7-25-8-6-22/h9-12H,3-8H2,1-2H3,(H,21,24). The summed E-state index contributed by atoms with van der Waals surface area (Å²) in [5, 5.41) is 7.10. The van der Waals surface area contributed by atoms with Gasteiger partial charge in [0.25, 0.3) is 5.91 Å². The van der Waals surface area contributed by atoms with E-state index in [1.807, 2.05) is 16.5 Å². The van der Waals surface area contributed by atoms with Gasteiger partial charge < -0.3 is 15.0 Å². The van der Waals surface area contributed by atoms with Crippen LogP contribution in [0, 0.1) is 0 Å². The Hall–Kier alpha value is -2.55. The van der Waals surface area contributed by atoms with Crippen LogP contribution in [0.4, 0.5) is 5.95 Å². The van der Waals surface area contributed by atoms with Crippen molar-refractivity contribution in [1.29, 1.82) is 0 Å². The third-order valence-electron chi connectivity index (χ3n) is 4.01. The summed E-state index contributed by atoms with van der Waals surface area (Å²) in [5.41, 5.74) is 0.422. The van der Waals surface area contributed by atoms with Crippen molar-refractivity contribution in [3.05, 3.63) is 30.1 Å². The maximum atomic E-state index is 12.4. The van der Waals surface area contributed by atoms with Gasteiger partial charge in [-0.25, -0.2) is 19.6 Å². The van der Waals surface area contributed by atoms with E-state index in [2.05, 4.69) is 32.3 Å². The fourth-order valence-electron chi connectivity index (χ4n) is 2.70. The summed E-state index contributed by atoms with van der Waals surface area (Å²) in [6, 6.07) is -0.250. The first kappa shape index (κ1) is 17.3. The molecule has 3 heterocycles. The molecule has 1 aliphatic rings. The normalized spacial score (nSPS) is 15.8. The summed E-state index contributed by atoms with van der Waals surface area (Å²) >= 11 is 0. The Morgan fingerprint density at radius 1 is 1.28 bits per heavy atom. The average Bonchev–Trinajstić information content (AvgIpc) is 3.11. The fourth-order valence-corrected chi connectivity index (χ4v) is 2.70. The molecule has 0 saturated carbocycles. The lowest BCUT2D eigenvalue weighted by molar-refractivity contribution is 0.0936. The van der Waals surface area contributed by atoms with Gasteiger partial charge in [-0.05, 0) is 13.3 Å². The summed E-state index contributed by atoms with van der Waals surface area (Å²) < 4.78 is 7.12. The predicted molar refractivity (Wildman–Crippen MR) is 91.3 cm³/mol. The fraction of sp³-hybridized carbons (Fsp3) is 0.562. The lowest BCUT2D eigenvalue weighted by Gasteiger charge is -2.26. The molecule has 2 aromatic heterocycles. The second-order valence-electron chi connectivity index (χ2n) is 5.91. The lowest BCUT2D eigenvalue weighted by Crippen LogP contribution is -2.37. The van der Waals surface area contributed by atoms with Crippen LogP contribution in [0.5, 0.6) is 0 Å². The number of ether oxygens (including phenoxy) is 1. The molecule has 9 heteroatoms. The van der Waals surface area contributed by atoms with E-state index in [9.17, 15) is 4.79 Å². The molecular weight excluding hydrogens is 322 g/mol. The topological polar surface area (TPSA) is 98.1 Å². The molecule has 134 valence electrons. The van der Waals surface area contributed by atoms with Crippen LogP contribution in [0.15, 0.2) is 18.7 Å².